The molecule has 1 amide bonds. The lowest BCUT2D eigenvalue weighted by atomic mass is 10.1. The number of fused-ring (bicyclic) bond motifs is 1. The Labute approximate surface area is 187 Å². The van der Waals surface area contributed by atoms with E-state index in [1.807, 2.05) is 35.7 Å². The fourth-order valence-corrected chi connectivity index (χ4v) is 4.59. The molecular formula is C23H18ClFN4OS. The number of anilines is 1. The molecule has 31 heavy (non-hydrogen) atoms. The lowest BCUT2D eigenvalue weighted by Gasteiger charge is -2.36. The van der Waals surface area contributed by atoms with Crippen molar-refractivity contribution in [3.8, 4) is 10.7 Å². The first-order chi connectivity index (χ1) is 15.1. The van der Waals surface area contributed by atoms with Crippen molar-refractivity contribution >= 4 is 45.6 Å². The van der Waals surface area contributed by atoms with Crippen LogP contribution in [0.2, 0.25) is 5.02 Å². The fraction of sp³-hybridized carbons (Fsp3) is 0.174. The van der Waals surface area contributed by atoms with Gasteiger partial charge in [0, 0.05) is 42.2 Å². The number of aromatic nitrogens is 2. The quantitative estimate of drug-likeness (QED) is 0.433. The van der Waals surface area contributed by atoms with Crippen LogP contribution in [0.25, 0.3) is 21.6 Å². The molecule has 0 aliphatic carbocycles. The Morgan fingerprint density at radius 2 is 1.84 bits per heavy atom. The van der Waals surface area contributed by atoms with Gasteiger partial charge in [0.05, 0.1) is 10.4 Å². The average Bonchev–Trinajstić information content (AvgIpc) is 3.33. The standard InChI is InChI=1S/C23H18ClFN4OS/c24-16-6-7-18-19(14-16)26-21(20-5-2-12-31-20)27-22(18)28-8-10-29(11-9-28)23(30)15-3-1-4-17(25)13-15/h1-7,12-14H,8-11H2. The summed E-state index contributed by atoms with van der Waals surface area (Å²) in [6.07, 6.45) is 0. The molecule has 5 nitrogen and oxygen atoms in total. The zero-order valence-corrected chi connectivity index (χ0v) is 18.0. The Balaban J connectivity index is 1.43. The van der Waals surface area contributed by atoms with Crippen LogP contribution in [0.1, 0.15) is 10.4 Å². The molecule has 0 saturated carbocycles. The number of amides is 1. The van der Waals surface area contributed by atoms with Crippen LogP contribution in [-0.4, -0.2) is 47.0 Å². The van der Waals surface area contributed by atoms with E-state index in [-0.39, 0.29) is 5.91 Å². The summed E-state index contributed by atoms with van der Waals surface area (Å²) in [5.74, 6) is 0.940. The van der Waals surface area contributed by atoms with Crippen molar-refractivity contribution in [2.45, 2.75) is 0 Å². The van der Waals surface area contributed by atoms with Crippen LogP contribution in [0, 0.1) is 5.82 Å². The summed E-state index contributed by atoms with van der Waals surface area (Å²) in [4.78, 5) is 27.3. The van der Waals surface area contributed by atoms with Crippen molar-refractivity contribution in [1.29, 1.82) is 0 Å². The summed E-state index contributed by atoms with van der Waals surface area (Å²) < 4.78 is 13.5. The minimum Gasteiger partial charge on any atom is -0.352 e. The Bertz CT molecular complexity index is 1260. The van der Waals surface area contributed by atoms with Crippen molar-refractivity contribution in [2.24, 2.45) is 0 Å². The third-order valence-corrected chi connectivity index (χ3v) is 6.42. The van der Waals surface area contributed by atoms with Gasteiger partial charge in [-0.2, -0.15) is 0 Å². The zero-order valence-electron chi connectivity index (χ0n) is 16.5. The highest BCUT2D eigenvalue weighted by Crippen LogP contribution is 2.31. The van der Waals surface area contributed by atoms with E-state index >= 15 is 0 Å². The number of halogens is 2. The molecule has 0 N–H and O–H groups in total. The highest BCUT2D eigenvalue weighted by Gasteiger charge is 2.25. The van der Waals surface area contributed by atoms with Gasteiger partial charge in [-0.05, 0) is 47.8 Å². The summed E-state index contributed by atoms with van der Waals surface area (Å²) in [5.41, 5.74) is 1.16. The van der Waals surface area contributed by atoms with Crippen LogP contribution < -0.4 is 4.90 Å². The monoisotopic (exact) mass is 452 g/mol. The maximum absolute atomic E-state index is 13.5. The SMILES string of the molecule is O=C(c1cccc(F)c1)N1CCN(c2nc(-c3cccs3)nc3cc(Cl)ccc23)CC1. The average molecular weight is 453 g/mol. The summed E-state index contributed by atoms with van der Waals surface area (Å²) in [6.45, 7) is 2.31. The number of hydrogen-bond donors (Lipinski definition) is 0. The van der Waals surface area contributed by atoms with E-state index in [0.29, 0.717) is 42.6 Å². The van der Waals surface area contributed by atoms with Crippen LogP contribution >= 0.6 is 22.9 Å². The predicted octanol–water partition coefficient (Wildman–Crippen LogP) is 5.11. The van der Waals surface area contributed by atoms with E-state index in [2.05, 4.69) is 4.90 Å². The van der Waals surface area contributed by atoms with Crippen LogP contribution in [-0.2, 0) is 0 Å². The topological polar surface area (TPSA) is 49.3 Å². The number of nitrogens with zero attached hydrogens (tertiary/aromatic N) is 4. The molecule has 0 radical (unpaired) electrons. The lowest BCUT2D eigenvalue weighted by molar-refractivity contribution is 0.0746. The Kier molecular flexibility index (Phi) is 5.29. The molecule has 1 aliphatic rings. The smallest absolute Gasteiger partial charge is 0.254 e. The van der Waals surface area contributed by atoms with Gasteiger partial charge < -0.3 is 9.80 Å². The van der Waals surface area contributed by atoms with Gasteiger partial charge in [-0.15, -0.1) is 11.3 Å². The van der Waals surface area contributed by atoms with E-state index in [9.17, 15) is 9.18 Å². The largest absolute Gasteiger partial charge is 0.352 e. The molecule has 8 heteroatoms. The molecule has 1 aliphatic heterocycles. The van der Waals surface area contributed by atoms with Gasteiger partial charge in [-0.1, -0.05) is 23.7 Å². The Morgan fingerprint density at radius 1 is 1.00 bits per heavy atom. The van der Waals surface area contributed by atoms with Crippen molar-refractivity contribution in [2.75, 3.05) is 31.1 Å². The second kappa shape index (κ2) is 8.24. The molecule has 156 valence electrons. The molecule has 5 rings (SSSR count). The van der Waals surface area contributed by atoms with Crippen LogP contribution in [0.5, 0.6) is 0 Å². The molecule has 2 aromatic heterocycles. The molecule has 0 bridgehead atoms. The number of thiophene rings is 1. The maximum atomic E-state index is 13.5. The van der Waals surface area contributed by atoms with Gasteiger partial charge in [-0.3, -0.25) is 4.79 Å². The maximum Gasteiger partial charge on any atom is 0.254 e. The van der Waals surface area contributed by atoms with E-state index < -0.39 is 5.82 Å². The lowest BCUT2D eigenvalue weighted by Crippen LogP contribution is -2.49. The van der Waals surface area contributed by atoms with E-state index in [4.69, 9.17) is 21.6 Å². The molecule has 0 atom stereocenters. The van der Waals surface area contributed by atoms with Gasteiger partial charge in [0.15, 0.2) is 5.82 Å². The molecule has 2 aromatic carbocycles. The first-order valence-electron chi connectivity index (χ1n) is 9.89. The summed E-state index contributed by atoms with van der Waals surface area (Å²) in [5, 5.41) is 3.55. The number of benzene rings is 2. The van der Waals surface area contributed by atoms with E-state index in [0.717, 1.165) is 21.6 Å². The molecule has 0 spiro atoms. The molecule has 3 heterocycles. The first-order valence-corrected chi connectivity index (χ1v) is 11.2. The Hall–Kier alpha value is -3.03. The third-order valence-electron chi connectivity index (χ3n) is 5.32. The Morgan fingerprint density at radius 3 is 2.58 bits per heavy atom. The second-order valence-corrected chi connectivity index (χ2v) is 8.68. The molecule has 1 fully saturated rings. The van der Waals surface area contributed by atoms with Crippen molar-refractivity contribution < 1.29 is 9.18 Å². The van der Waals surface area contributed by atoms with Gasteiger partial charge in [0.25, 0.3) is 5.91 Å². The highest BCUT2D eigenvalue weighted by atomic mass is 35.5. The van der Waals surface area contributed by atoms with Gasteiger partial charge in [0.2, 0.25) is 0 Å². The molecule has 4 aromatic rings. The zero-order chi connectivity index (χ0) is 21.4. The number of piperazine rings is 1. The number of hydrogen-bond acceptors (Lipinski definition) is 5. The minimum absolute atomic E-state index is 0.155. The second-order valence-electron chi connectivity index (χ2n) is 7.30. The van der Waals surface area contributed by atoms with Crippen molar-refractivity contribution in [3.63, 3.8) is 0 Å². The van der Waals surface area contributed by atoms with Gasteiger partial charge in [0.1, 0.15) is 11.6 Å². The van der Waals surface area contributed by atoms with Crippen molar-refractivity contribution in [3.05, 3.63) is 76.4 Å². The summed E-state index contributed by atoms with van der Waals surface area (Å²) in [6, 6.07) is 15.4. The third kappa shape index (κ3) is 3.98. The molecule has 1 saturated heterocycles. The fourth-order valence-electron chi connectivity index (χ4n) is 3.77. The predicted molar refractivity (Wildman–Crippen MR) is 122 cm³/mol. The summed E-state index contributed by atoms with van der Waals surface area (Å²) in [7, 11) is 0. The van der Waals surface area contributed by atoms with Crippen LogP contribution in [0.3, 0.4) is 0 Å². The molecular weight excluding hydrogens is 435 g/mol. The van der Waals surface area contributed by atoms with Crippen LogP contribution in [0.15, 0.2) is 60.0 Å². The van der Waals surface area contributed by atoms with E-state index in [1.54, 1.807) is 28.4 Å². The van der Waals surface area contributed by atoms with Gasteiger partial charge in [-0.25, -0.2) is 14.4 Å². The number of rotatable bonds is 3. The normalized spacial score (nSPS) is 14.3. The number of carbonyl (C=O) groups is 1. The minimum atomic E-state index is -0.406. The van der Waals surface area contributed by atoms with Crippen molar-refractivity contribution in [1.82, 2.24) is 14.9 Å². The van der Waals surface area contributed by atoms with Crippen LogP contribution in [0.4, 0.5) is 10.2 Å². The van der Waals surface area contributed by atoms with E-state index in [1.165, 1.54) is 12.1 Å². The summed E-state index contributed by atoms with van der Waals surface area (Å²) >= 11 is 7.80. The highest BCUT2D eigenvalue weighted by molar-refractivity contribution is 7.13. The first kappa shape index (κ1) is 19.9. The van der Waals surface area contributed by atoms with Gasteiger partial charge >= 0.3 is 0 Å². The number of carbonyl (C=O) groups excluding carboxylic acids is 1. The molecule has 0 unspecified atom stereocenters.